The molecular formula is C8H14F2N2O2. The zero-order valence-electron chi connectivity index (χ0n) is 7.84. The number of hydrogen-bond acceptors (Lipinski definition) is 2. The molecule has 1 aliphatic carbocycles. The topological polar surface area (TPSA) is 61.4 Å². The second-order valence-corrected chi connectivity index (χ2v) is 3.60. The van der Waals surface area contributed by atoms with Crippen LogP contribution in [0.3, 0.4) is 0 Å². The number of halogens is 2. The highest BCUT2D eigenvalue weighted by molar-refractivity contribution is 5.65. The molecule has 0 aromatic rings. The molecular weight excluding hydrogens is 194 g/mol. The molecule has 14 heavy (non-hydrogen) atoms. The lowest BCUT2D eigenvalue weighted by Crippen LogP contribution is -2.55. The maximum atomic E-state index is 12.1. The Balaban J connectivity index is 2.12. The first-order valence-electron chi connectivity index (χ1n) is 4.52. The third kappa shape index (κ3) is 3.10. The van der Waals surface area contributed by atoms with E-state index in [0.717, 1.165) is 0 Å². The summed E-state index contributed by atoms with van der Waals surface area (Å²) in [5.74, 6) is 0. The van der Waals surface area contributed by atoms with Crippen molar-refractivity contribution in [2.75, 3.05) is 0 Å². The van der Waals surface area contributed by atoms with Crippen molar-refractivity contribution in [1.29, 1.82) is 0 Å². The summed E-state index contributed by atoms with van der Waals surface area (Å²) in [6, 6.07) is -0.906. The number of nitrogens with one attached hydrogen (secondary N) is 2. The van der Waals surface area contributed by atoms with Crippen LogP contribution in [-0.4, -0.2) is 35.8 Å². The molecule has 0 aromatic heterocycles. The van der Waals surface area contributed by atoms with Crippen molar-refractivity contribution in [3.63, 3.8) is 0 Å². The number of alkyl halides is 2. The molecule has 0 heterocycles. The highest BCUT2D eigenvalue weighted by Gasteiger charge is 2.32. The summed E-state index contributed by atoms with van der Waals surface area (Å²) in [6.45, 7) is 1.42. The van der Waals surface area contributed by atoms with E-state index in [-0.39, 0.29) is 12.1 Å². The van der Waals surface area contributed by atoms with Gasteiger partial charge < -0.3 is 15.7 Å². The maximum Gasteiger partial charge on any atom is 0.404 e. The van der Waals surface area contributed by atoms with Gasteiger partial charge in [0.2, 0.25) is 0 Å². The fourth-order valence-corrected chi connectivity index (χ4v) is 1.49. The number of carbonyl (C=O) groups is 1. The fraction of sp³-hybridized carbons (Fsp3) is 0.875. The van der Waals surface area contributed by atoms with Gasteiger partial charge in [-0.1, -0.05) is 0 Å². The highest BCUT2D eigenvalue weighted by Crippen LogP contribution is 2.21. The van der Waals surface area contributed by atoms with Crippen LogP contribution in [0.25, 0.3) is 0 Å². The molecule has 0 saturated heterocycles. The lowest BCUT2D eigenvalue weighted by atomic mass is 9.86. The minimum atomic E-state index is -2.37. The van der Waals surface area contributed by atoms with Crippen molar-refractivity contribution in [3.05, 3.63) is 0 Å². The molecule has 6 heteroatoms. The second-order valence-electron chi connectivity index (χ2n) is 3.60. The van der Waals surface area contributed by atoms with E-state index >= 15 is 0 Å². The van der Waals surface area contributed by atoms with Crippen LogP contribution in [0.1, 0.15) is 19.8 Å². The Morgan fingerprint density at radius 1 is 1.43 bits per heavy atom. The highest BCUT2D eigenvalue weighted by atomic mass is 19.3. The minimum Gasteiger partial charge on any atom is -0.465 e. The molecule has 3 N–H and O–H groups in total. The summed E-state index contributed by atoms with van der Waals surface area (Å²) in [7, 11) is 0. The van der Waals surface area contributed by atoms with Crippen LogP contribution in [-0.2, 0) is 0 Å². The van der Waals surface area contributed by atoms with Crippen LogP contribution in [0.5, 0.6) is 0 Å². The molecule has 0 bridgehead atoms. The Kier molecular flexibility index (Phi) is 3.62. The van der Waals surface area contributed by atoms with Crippen LogP contribution in [0.2, 0.25) is 0 Å². The van der Waals surface area contributed by atoms with Gasteiger partial charge in [-0.3, -0.25) is 0 Å². The van der Waals surface area contributed by atoms with E-state index in [2.05, 4.69) is 10.6 Å². The zero-order valence-corrected chi connectivity index (χ0v) is 7.84. The predicted molar refractivity (Wildman–Crippen MR) is 46.6 cm³/mol. The van der Waals surface area contributed by atoms with Crippen LogP contribution >= 0.6 is 0 Å². The molecule has 0 aromatic carbocycles. The lowest BCUT2D eigenvalue weighted by Gasteiger charge is -2.37. The van der Waals surface area contributed by atoms with Crippen molar-refractivity contribution >= 4 is 6.09 Å². The van der Waals surface area contributed by atoms with Gasteiger partial charge in [0, 0.05) is 12.1 Å². The molecule has 82 valence electrons. The summed E-state index contributed by atoms with van der Waals surface area (Å²) in [6.07, 6.45) is -2.26. The van der Waals surface area contributed by atoms with Gasteiger partial charge in [0.05, 0.1) is 6.04 Å². The van der Waals surface area contributed by atoms with Gasteiger partial charge in [-0.25, -0.2) is 13.6 Å². The Hall–Kier alpha value is -0.910. The van der Waals surface area contributed by atoms with E-state index in [1.54, 1.807) is 0 Å². The van der Waals surface area contributed by atoms with Gasteiger partial charge in [0.25, 0.3) is 6.43 Å². The van der Waals surface area contributed by atoms with E-state index in [4.69, 9.17) is 5.11 Å². The third-order valence-corrected chi connectivity index (χ3v) is 2.34. The maximum absolute atomic E-state index is 12.1. The monoisotopic (exact) mass is 208 g/mol. The van der Waals surface area contributed by atoms with Crippen molar-refractivity contribution in [2.45, 2.75) is 44.3 Å². The quantitative estimate of drug-likeness (QED) is 0.646. The Bertz CT molecular complexity index is 208. The molecule has 1 amide bonds. The average Bonchev–Trinajstić information content (AvgIpc) is 1.99. The number of rotatable bonds is 4. The SMILES string of the molecule is CC(N[C@H]1C[C@H](NC(=O)O)C1)C(F)F. The van der Waals surface area contributed by atoms with Crippen LogP contribution in [0.15, 0.2) is 0 Å². The van der Waals surface area contributed by atoms with Crippen molar-refractivity contribution < 1.29 is 18.7 Å². The normalized spacial score (nSPS) is 28.3. The smallest absolute Gasteiger partial charge is 0.404 e. The van der Waals surface area contributed by atoms with Crippen LogP contribution in [0.4, 0.5) is 13.6 Å². The lowest BCUT2D eigenvalue weighted by molar-refractivity contribution is 0.0864. The molecule has 0 spiro atoms. The molecule has 1 aliphatic rings. The van der Waals surface area contributed by atoms with E-state index in [1.165, 1.54) is 6.92 Å². The molecule has 1 rings (SSSR count). The predicted octanol–water partition coefficient (Wildman–Crippen LogP) is 1.03. The average molecular weight is 208 g/mol. The van der Waals surface area contributed by atoms with E-state index in [9.17, 15) is 13.6 Å². The molecule has 1 unspecified atom stereocenters. The summed E-state index contributed by atoms with van der Waals surface area (Å²) in [4.78, 5) is 10.2. The molecule has 1 fully saturated rings. The minimum absolute atomic E-state index is 0.0100. The summed E-state index contributed by atoms with van der Waals surface area (Å²) < 4.78 is 24.2. The standard InChI is InChI=1S/C8H14F2N2O2/c1-4(7(9)10)11-5-2-6(3-5)12-8(13)14/h4-7,11-12H,2-3H2,1H3,(H,13,14)/t4?,5-,6-. The first kappa shape index (κ1) is 11.2. The summed E-state index contributed by atoms with van der Waals surface area (Å²) in [5.41, 5.74) is 0. The van der Waals surface area contributed by atoms with E-state index in [0.29, 0.717) is 12.8 Å². The molecule has 4 nitrogen and oxygen atoms in total. The van der Waals surface area contributed by atoms with Gasteiger partial charge in [0.1, 0.15) is 0 Å². The Morgan fingerprint density at radius 3 is 2.43 bits per heavy atom. The third-order valence-electron chi connectivity index (χ3n) is 2.34. The Morgan fingerprint density at radius 2 is 2.00 bits per heavy atom. The fourth-order valence-electron chi connectivity index (χ4n) is 1.49. The Labute approximate surface area is 80.7 Å². The van der Waals surface area contributed by atoms with Crippen molar-refractivity contribution in [1.82, 2.24) is 10.6 Å². The van der Waals surface area contributed by atoms with Crippen LogP contribution in [0, 0.1) is 0 Å². The number of carboxylic acid groups (broad SMARTS) is 1. The molecule has 0 aliphatic heterocycles. The van der Waals surface area contributed by atoms with E-state index in [1.807, 2.05) is 0 Å². The molecule has 0 radical (unpaired) electrons. The van der Waals surface area contributed by atoms with Crippen LogP contribution < -0.4 is 10.6 Å². The van der Waals surface area contributed by atoms with Gasteiger partial charge in [-0.05, 0) is 19.8 Å². The van der Waals surface area contributed by atoms with E-state index < -0.39 is 18.6 Å². The van der Waals surface area contributed by atoms with Gasteiger partial charge in [-0.2, -0.15) is 0 Å². The van der Waals surface area contributed by atoms with Gasteiger partial charge in [0.15, 0.2) is 0 Å². The number of amides is 1. The van der Waals surface area contributed by atoms with Gasteiger partial charge >= 0.3 is 6.09 Å². The molecule has 1 atom stereocenters. The van der Waals surface area contributed by atoms with Crippen molar-refractivity contribution in [2.24, 2.45) is 0 Å². The first-order chi connectivity index (χ1) is 6.49. The summed E-state index contributed by atoms with van der Waals surface area (Å²) >= 11 is 0. The second kappa shape index (κ2) is 4.54. The molecule has 1 saturated carbocycles. The zero-order chi connectivity index (χ0) is 10.7. The summed E-state index contributed by atoms with van der Waals surface area (Å²) in [5, 5.41) is 13.4. The van der Waals surface area contributed by atoms with Gasteiger partial charge in [-0.15, -0.1) is 0 Å². The number of hydrogen-bond donors (Lipinski definition) is 3. The largest absolute Gasteiger partial charge is 0.465 e. The van der Waals surface area contributed by atoms with Crippen molar-refractivity contribution in [3.8, 4) is 0 Å². The first-order valence-corrected chi connectivity index (χ1v) is 4.52.